The molecular weight excluding hydrogens is 489 g/mol. The molecule has 1 aliphatic heterocycles. The lowest BCUT2D eigenvalue weighted by Gasteiger charge is -2.40. The molecule has 2 aromatic heterocycles. The van der Waals surface area contributed by atoms with Gasteiger partial charge in [0, 0.05) is 24.8 Å². The van der Waals surface area contributed by atoms with E-state index in [1.54, 1.807) is 55.0 Å². The van der Waals surface area contributed by atoms with Gasteiger partial charge in [-0.1, -0.05) is 18.9 Å². The summed E-state index contributed by atoms with van der Waals surface area (Å²) in [5, 5.41) is 7.07. The Labute approximate surface area is 211 Å². The van der Waals surface area contributed by atoms with Crippen LogP contribution in [0.2, 0.25) is 0 Å². The standard InChI is InChI=1S/C25H27F3N6O3/c1-24(2)22(35)34(17-6-4-5-7-17)21-20(37-24)12-29-23(32-21)31-18-9-8-15(16-11-30-33(3)13-16)10-19(18)36-14-25(26,27)28/h8-13,17H,4-7,14H2,1-3H3,(H,29,31,32). The number of carbonyl (C=O) groups excluding carboxylic acids is 1. The summed E-state index contributed by atoms with van der Waals surface area (Å²) >= 11 is 0. The van der Waals surface area contributed by atoms with E-state index in [2.05, 4.69) is 20.4 Å². The Bertz CT molecular complexity index is 1320. The van der Waals surface area contributed by atoms with Crippen LogP contribution in [0.4, 0.5) is 30.6 Å². The van der Waals surface area contributed by atoms with Crippen LogP contribution >= 0.6 is 0 Å². The fourth-order valence-electron chi connectivity index (χ4n) is 4.65. The minimum atomic E-state index is -4.52. The minimum Gasteiger partial charge on any atom is -0.482 e. The van der Waals surface area contributed by atoms with E-state index in [0.717, 1.165) is 31.2 Å². The molecule has 5 rings (SSSR count). The van der Waals surface area contributed by atoms with Crippen LogP contribution in [0.3, 0.4) is 0 Å². The second-order valence-electron chi connectivity index (χ2n) is 9.75. The fraction of sp³-hybridized carbons (Fsp3) is 0.440. The van der Waals surface area contributed by atoms with Crippen LogP contribution in [0.5, 0.6) is 11.5 Å². The summed E-state index contributed by atoms with van der Waals surface area (Å²) in [5.74, 6) is 0.609. The quantitative estimate of drug-likeness (QED) is 0.492. The average Bonchev–Trinajstić information content (AvgIpc) is 3.51. The van der Waals surface area contributed by atoms with Gasteiger partial charge in [0.25, 0.3) is 5.91 Å². The molecule has 3 heterocycles. The number of halogens is 3. The lowest BCUT2D eigenvalue weighted by Crippen LogP contribution is -2.55. The Morgan fingerprint density at radius 1 is 1.19 bits per heavy atom. The largest absolute Gasteiger partial charge is 0.482 e. The van der Waals surface area contributed by atoms with Gasteiger partial charge in [0.15, 0.2) is 23.8 Å². The Balaban J connectivity index is 1.49. The average molecular weight is 517 g/mol. The summed E-state index contributed by atoms with van der Waals surface area (Å²) in [6, 6.07) is 4.83. The summed E-state index contributed by atoms with van der Waals surface area (Å²) in [7, 11) is 1.75. The highest BCUT2D eigenvalue weighted by atomic mass is 19.4. The molecule has 37 heavy (non-hydrogen) atoms. The molecule has 0 atom stereocenters. The van der Waals surface area contributed by atoms with E-state index in [4.69, 9.17) is 9.47 Å². The van der Waals surface area contributed by atoms with Gasteiger partial charge in [0.2, 0.25) is 5.95 Å². The van der Waals surface area contributed by atoms with Gasteiger partial charge in [-0.05, 0) is 44.4 Å². The number of nitrogens with one attached hydrogen (secondary N) is 1. The van der Waals surface area contributed by atoms with Gasteiger partial charge in [-0.15, -0.1) is 0 Å². The Morgan fingerprint density at radius 3 is 2.62 bits per heavy atom. The van der Waals surface area contributed by atoms with E-state index in [0.29, 0.717) is 17.1 Å². The molecule has 1 N–H and O–H groups in total. The maximum Gasteiger partial charge on any atom is 0.422 e. The van der Waals surface area contributed by atoms with Gasteiger partial charge in [-0.2, -0.15) is 23.3 Å². The molecular formula is C25H27F3N6O3. The molecule has 9 nitrogen and oxygen atoms in total. The zero-order chi connectivity index (χ0) is 26.4. The number of aromatic nitrogens is 4. The van der Waals surface area contributed by atoms with Crippen molar-refractivity contribution in [3.63, 3.8) is 0 Å². The number of anilines is 3. The summed E-state index contributed by atoms with van der Waals surface area (Å²) < 4.78 is 51.5. The van der Waals surface area contributed by atoms with Crippen molar-refractivity contribution >= 4 is 23.4 Å². The van der Waals surface area contributed by atoms with Gasteiger partial charge in [-0.3, -0.25) is 14.4 Å². The number of hydrogen-bond acceptors (Lipinski definition) is 7. The van der Waals surface area contributed by atoms with Crippen LogP contribution in [0.1, 0.15) is 39.5 Å². The highest BCUT2D eigenvalue weighted by Gasteiger charge is 2.45. The molecule has 12 heteroatoms. The topological polar surface area (TPSA) is 94.4 Å². The van der Waals surface area contributed by atoms with E-state index in [-0.39, 0.29) is 29.3 Å². The third-order valence-corrected chi connectivity index (χ3v) is 6.41. The maximum absolute atomic E-state index is 13.3. The van der Waals surface area contributed by atoms with Crippen molar-refractivity contribution in [3.05, 3.63) is 36.8 Å². The number of fused-ring (bicyclic) bond motifs is 1. The summed E-state index contributed by atoms with van der Waals surface area (Å²) in [6.45, 7) is 1.96. The van der Waals surface area contributed by atoms with Crippen LogP contribution in [-0.4, -0.2) is 50.1 Å². The van der Waals surface area contributed by atoms with E-state index in [1.807, 2.05) is 0 Å². The first-order chi connectivity index (χ1) is 17.5. The van der Waals surface area contributed by atoms with Crippen molar-refractivity contribution in [1.82, 2.24) is 19.7 Å². The zero-order valence-electron chi connectivity index (χ0n) is 20.7. The highest BCUT2D eigenvalue weighted by molar-refractivity contribution is 6.02. The maximum atomic E-state index is 13.3. The van der Waals surface area contributed by atoms with Crippen molar-refractivity contribution in [3.8, 4) is 22.6 Å². The molecule has 0 spiro atoms. The molecule has 0 saturated heterocycles. The zero-order valence-corrected chi connectivity index (χ0v) is 20.7. The molecule has 2 aliphatic rings. The monoisotopic (exact) mass is 516 g/mol. The van der Waals surface area contributed by atoms with Gasteiger partial charge in [-0.25, -0.2) is 4.98 Å². The van der Waals surface area contributed by atoms with Crippen molar-refractivity contribution in [2.24, 2.45) is 7.05 Å². The van der Waals surface area contributed by atoms with Crippen molar-refractivity contribution < 1.29 is 27.4 Å². The van der Waals surface area contributed by atoms with E-state index in [1.165, 1.54) is 12.3 Å². The molecule has 3 aromatic rings. The van der Waals surface area contributed by atoms with Crippen LogP contribution < -0.4 is 19.7 Å². The van der Waals surface area contributed by atoms with Crippen LogP contribution in [0.25, 0.3) is 11.1 Å². The van der Waals surface area contributed by atoms with Crippen molar-refractivity contribution in [2.45, 2.75) is 57.3 Å². The van der Waals surface area contributed by atoms with Crippen molar-refractivity contribution in [1.29, 1.82) is 0 Å². The predicted octanol–water partition coefficient (Wildman–Crippen LogP) is 5.01. The molecule has 1 fully saturated rings. The number of rotatable bonds is 6. The Morgan fingerprint density at radius 2 is 1.95 bits per heavy atom. The highest BCUT2D eigenvalue weighted by Crippen LogP contribution is 2.41. The molecule has 1 saturated carbocycles. The number of nitrogens with zero attached hydrogens (tertiary/aromatic N) is 5. The molecule has 1 amide bonds. The van der Waals surface area contributed by atoms with Crippen LogP contribution in [-0.2, 0) is 11.8 Å². The molecule has 0 bridgehead atoms. The molecule has 0 radical (unpaired) electrons. The number of carbonyl (C=O) groups is 1. The van der Waals surface area contributed by atoms with Gasteiger partial charge >= 0.3 is 6.18 Å². The SMILES string of the molecule is Cn1cc(-c2ccc(Nc3ncc4c(n3)N(C3CCCC3)C(=O)C(C)(C)O4)c(OCC(F)(F)F)c2)cn1. The lowest BCUT2D eigenvalue weighted by atomic mass is 10.0. The molecule has 0 unspecified atom stereocenters. The van der Waals surface area contributed by atoms with E-state index in [9.17, 15) is 18.0 Å². The van der Waals surface area contributed by atoms with Crippen molar-refractivity contribution in [2.75, 3.05) is 16.8 Å². The van der Waals surface area contributed by atoms with Crippen LogP contribution in [0.15, 0.2) is 36.8 Å². The third-order valence-electron chi connectivity index (χ3n) is 6.41. The summed E-state index contributed by atoms with van der Waals surface area (Å²) in [4.78, 5) is 23.8. The summed E-state index contributed by atoms with van der Waals surface area (Å²) in [5.41, 5.74) is 0.541. The van der Waals surface area contributed by atoms with Crippen LogP contribution in [0, 0.1) is 0 Å². The normalized spacial score (nSPS) is 17.5. The Hall–Kier alpha value is -3.83. The van der Waals surface area contributed by atoms with E-state index < -0.39 is 18.4 Å². The first kappa shape index (κ1) is 24.8. The fourth-order valence-corrected chi connectivity index (χ4v) is 4.65. The second-order valence-corrected chi connectivity index (χ2v) is 9.75. The molecule has 196 valence electrons. The molecule has 1 aromatic carbocycles. The predicted molar refractivity (Wildman–Crippen MR) is 130 cm³/mol. The van der Waals surface area contributed by atoms with Gasteiger partial charge in [0.05, 0.1) is 18.1 Å². The van der Waals surface area contributed by atoms with Gasteiger partial charge in [0.1, 0.15) is 5.75 Å². The number of alkyl halides is 3. The first-order valence-corrected chi connectivity index (χ1v) is 12.0. The smallest absolute Gasteiger partial charge is 0.422 e. The first-order valence-electron chi connectivity index (χ1n) is 12.0. The number of hydrogen-bond donors (Lipinski definition) is 1. The number of aryl methyl sites for hydroxylation is 1. The van der Waals surface area contributed by atoms with E-state index >= 15 is 0 Å². The second kappa shape index (κ2) is 9.24. The lowest BCUT2D eigenvalue weighted by molar-refractivity contribution is -0.153. The number of ether oxygens (including phenoxy) is 2. The molecule has 1 aliphatic carbocycles. The Kier molecular flexibility index (Phi) is 6.20. The number of amides is 1. The van der Waals surface area contributed by atoms with Gasteiger partial charge < -0.3 is 14.8 Å². The summed E-state index contributed by atoms with van der Waals surface area (Å²) in [6.07, 6.45) is 4.07. The minimum absolute atomic E-state index is 0.00150. The number of benzene rings is 1. The third kappa shape index (κ3) is 5.18.